The fourth-order valence-electron chi connectivity index (χ4n) is 2.77. The van der Waals surface area contributed by atoms with Crippen LogP contribution in [0.4, 0.5) is 14.5 Å². The normalized spacial score (nSPS) is 15.6. The Morgan fingerprint density at radius 3 is 2.48 bits per heavy atom. The smallest absolute Gasteiger partial charge is 0.224 e. The number of likely N-dealkylation sites (tertiary alicyclic amines) is 1. The van der Waals surface area contributed by atoms with Gasteiger partial charge in [0.2, 0.25) is 11.8 Å². The van der Waals surface area contributed by atoms with Gasteiger partial charge in [-0.15, -0.1) is 0 Å². The van der Waals surface area contributed by atoms with E-state index in [0.29, 0.717) is 5.92 Å². The van der Waals surface area contributed by atoms with E-state index in [9.17, 15) is 18.4 Å². The van der Waals surface area contributed by atoms with E-state index in [4.69, 9.17) is 0 Å². The van der Waals surface area contributed by atoms with E-state index in [1.165, 1.54) is 17.9 Å². The number of rotatable bonds is 4. The minimum absolute atomic E-state index is 0.000957. The average Bonchev–Trinajstić information content (AvgIpc) is 2.49. The largest absolute Gasteiger partial charge is 0.343 e. The first-order valence-electron chi connectivity index (χ1n) is 7.89. The molecule has 23 heavy (non-hydrogen) atoms. The van der Waals surface area contributed by atoms with Crippen molar-refractivity contribution in [3.05, 3.63) is 29.8 Å². The van der Waals surface area contributed by atoms with Gasteiger partial charge in [0.1, 0.15) is 11.6 Å². The SMILES string of the molecule is CC(=O)N(CCC(=O)N1CCC(C)CC1)c1ccc(F)cc1F. The lowest BCUT2D eigenvalue weighted by Gasteiger charge is -2.31. The number of nitrogens with zero attached hydrogens (tertiary/aromatic N) is 2. The van der Waals surface area contributed by atoms with Crippen molar-refractivity contribution in [1.29, 1.82) is 0 Å². The second-order valence-electron chi connectivity index (χ2n) is 6.08. The molecule has 0 aromatic heterocycles. The number of piperidine rings is 1. The zero-order chi connectivity index (χ0) is 17.0. The summed E-state index contributed by atoms with van der Waals surface area (Å²) in [5.41, 5.74) is -0.000957. The van der Waals surface area contributed by atoms with Crippen LogP contribution in [-0.2, 0) is 9.59 Å². The molecule has 126 valence electrons. The van der Waals surface area contributed by atoms with Gasteiger partial charge in [-0.25, -0.2) is 8.78 Å². The van der Waals surface area contributed by atoms with Gasteiger partial charge in [0.25, 0.3) is 0 Å². The first kappa shape index (κ1) is 17.4. The molecule has 0 radical (unpaired) electrons. The number of amides is 2. The zero-order valence-corrected chi connectivity index (χ0v) is 13.5. The van der Waals surface area contributed by atoms with Gasteiger partial charge in [-0.2, -0.15) is 0 Å². The molecule has 0 unspecified atom stereocenters. The highest BCUT2D eigenvalue weighted by Crippen LogP contribution is 2.21. The van der Waals surface area contributed by atoms with Crippen LogP contribution in [-0.4, -0.2) is 36.3 Å². The summed E-state index contributed by atoms with van der Waals surface area (Å²) in [6.07, 6.45) is 2.09. The molecule has 0 aliphatic carbocycles. The molecule has 4 nitrogen and oxygen atoms in total. The molecule has 1 aliphatic rings. The van der Waals surface area contributed by atoms with Crippen LogP contribution in [0.2, 0.25) is 0 Å². The highest BCUT2D eigenvalue weighted by molar-refractivity contribution is 5.92. The van der Waals surface area contributed by atoms with E-state index < -0.39 is 11.6 Å². The average molecular weight is 324 g/mol. The van der Waals surface area contributed by atoms with Crippen molar-refractivity contribution in [2.45, 2.75) is 33.1 Å². The van der Waals surface area contributed by atoms with E-state index in [1.54, 1.807) is 4.90 Å². The molecule has 0 atom stereocenters. The van der Waals surface area contributed by atoms with Crippen molar-refractivity contribution < 1.29 is 18.4 Å². The summed E-state index contributed by atoms with van der Waals surface area (Å²) in [6, 6.07) is 3.06. The Labute approximate surface area is 135 Å². The summed E-state index contributed by atoms with van der Waals surface area (Å²) in [6.45, 7) is 5.01. The predicted octanol–water partition coefficient (Wildman–Crippen LogP) is 2.97. The summed E-state index contributed by atoms with van der Waals surface area (Å²) in [4.78, 5) is 27.0. The maximum atomic E-state index is 13.9. The third-order valence-corrected chi connectivity index (χ3v) is 4.27. The van der Waals surface area contributed by atoms with Crippen LogP contribution in [0, 0.1) is 17.6 Å². The van der Waals surface area contributed by atoms with Crippen LogP contribution in [0.3, 0.4) is 0 Å². The third-order valence-electron chi connectivity index (χ3n) is 4.27. The second kappa shape index (κ2) is 7.53. The highest BCUT2D eigenvalue weighted by atomic mass is 19.1. The Morgan fingerprint density at radius 1 is 1.26 bits per heavy atom. The summed E-state index contributed by atoms with van der Waals surface area (Å²) in [5.74, 6) is -1.30. The maximum Gasteiger partial charge on any atom is 0.224 e. The summed E-state index contributed by atoms with van der Waals surface area (Å²) >= 11 is 0. The Hall–Kier alpha value is -1.98. The van der Waals surface area contributed by atoms with Crippen molar-refractivity contribution in [3.8, 4) is 0 Å². The van der Waals surface area contributed by atoms with Crippen LogP contribution in [0.1, 0.15) is 33.1 Å². The number of benzene rings is 1. The molecule has 0 bridgehead atoms. The predicted molar refractivity (Wildman–Crippen MR) is 84.0 cm³/mol. The van der Waals surface area contributed by atoms with E-state index in [0.717, 1.165) is 38.1 Å². The molecule has 1 saturated heterocycles. The van der Waals surface area contributed by atoms with Crippen LogP contribution in [0.5, 0.6) is 0 Å². The molecular formula is C17H22F2N2O2. The minimum atomic E-state index is -0.806. The first-order chi connectivity index (χ1) is 10.9. The third kappa shape index (κ3) is 4.50. The Morgan fingerprint density at radius 2 is 1.91 bits per heavy atom. The van der Waals surface area contributed by atoms with Crippen molar-refractivity contribution in [1.82, 2.24) is 4.90 Å². The number of carbonyl (C=O) groups is 2. The highest BCUT2D eigenvalue weighted by Gasteiger charge is 2.22. The lowest BCUT2D eigenvalue weighted by Crippen LogP contribution is -2.40. The van der Waals surface area contributed by atoms with Gasteiger partial charge in [-0.3, -0.25) is 9.59 Å². The van der Waals surface area contributed by atoms with Gasteiger partial charge in [0.05, 0.1) is 5.69 Å². The monoisotopic (exact) mass is 324 g/mol. The molecule has 0 N–H and O–H groups in total. The quantitative estimate of drug-likeness (QED) is 0.854. The van der Waals surface area contributed by atoms with Gasteiger partial charge in [-0.05, 0) is 30.9 Å². The molecule has 2 amide bonds. The van der Waals surface area contributed by atoms with Crippen molar-refractivity contribution in [2.24, 2.45) is 5.92 Å². The Kier molecular flexibility index (Phi) is 5.69. The maximum absolute atomic E-state index is 13.9. The van der Waals surface area contributed by atoms with E-state index >= 15 is 0 Å². The van der Waals surface area contributed by atoms with Gasteiger partial charge >= 0.3 is 0 Å². The van der Waals surface area contributed by atoms with Crippen LogP contribution in [0.15, 0.2) is 18.2 Å². The number of carbonyl (C=O) groups excluding carboxylic acids is 2. The Balaban J connectivity index is 2.00. The molecule has 0 saturated carbocycles. The topological polar surface area (TPSA) is 40.6 Å². The minimum Gasteiger partial charge on any atom is -0.343 e. The van der Waals surface area contributed by atoms with E-state index in [1.807, 2.05) is 0 Å². The number of halogens is 2. The molecule has 0 spiro atoms. The van der Waals surface area contributed by atoms with Gasteiger partial charge < -0.3 is 9.80 Å². The molecular weight excluding hydrogens is 302 g/mol. The van der Waals surface area contributed by atoms with Gasteiger partial charge in [-0.1, -0.05) is 6.92 Å². The lowest BCUT2D eigenvalue weighted by atomic mass is 9.99. The fourth-order valence-corrected chi connectivity index (χ4v) is 2.77. The van der Waals surface area contributed by atoms with Crippen molar-refractivity contribution in [3.63, 3.8) is 0 Å². The van der Waals surface area contributed by atoms with Crippen LogP contribution in [0.25, 0.3) is 0 Å². The molecule has 1 aromatic carbocycles. The zero-order valence-electron chi connectivity index (χ0n) is 13.5. The molecule has 1 aromatic rings. The standard InChI is InChI=1S/C17H22F2N2O2/c1-12-5-8-20(9-6-12)17(23)7-10-21(13(2)22)16-4-3-14(18)11-15(16)19/h3-4,11-12H,5-10H2,1-2H3. The molecule has 6 heteroatoms. The Bertz CT molecular complexity index is 584. The number of hydrogen-bond acceptors (Lipinski definition) is 2. The van der Waals surface area contributed by atoms with Gasteiger partial charge in [0, 0.05) is 39.0 Å². The van der Waals surface area contributed by atoms with Gasteiger partial charge in [0.15, 0.2) is 0 Å². The number of anilines is 1. The van der Waals surface area contributed by atoms with Crippen molar-refractivity contribution in [2.75, 3.05) is 24.5 Å². The molecule has 1 fully saturated rings. The summed E-state index contributed by atoms with van der Waals surface area (Å²) in [7, 11) is 0. The van der Waals surface area contributed by atoms with E-state index in [-0.39, 0.29) is 30.5 Å². The summed E-state index contributed by atoms with van der Waals surface area (Å²) < 4.78 is 26.9. The second-order valence-corrected chi connectivity index (χ2v) is 6.08. The first-order valence-corrected chi connectivity index (χ1v) is 7.89. The lowest BCUT2D eigenvalue weighted by molar-refractivity contribution is -0.132. The molecule has 2 rings (SSSR count). The van der Waals surface area contributed by atoms with E-state index in [2.05, 4.69) is 6.92 Å². The number of hydrogen-bond donors (Lipinski definition) is 0. The molecule has 1 aliphatic heterocycles. The van der Waals surface area contributed by atoms with Crippen molar-refractivity contribution >= 4 is 17.5 Å². The fraction of sp³-hybridized carbons (Fsp3) is 0.529. The molecule has 1 heterocycles. The summed E-state index contributed by atoms with van der Waals surface area (Å²) in [5, 5.41) is 0. The van der Waals surface area contributed by atoms with Crippen LogP contribution < -0.4 is 4.90 Å². The van der Waals surface area contributed by atoms with Crippen LogP contribution >= 0.6 is 0 Å².